The molecule has 2 unspecified atom stereocenters. The molecule has 11 rings (SSSR count). The molecule has 10 heterocycles. The molecule has 304 valence electrons. The van der Waals surface area contributed by atoms with E-state index in [2.05, 4.69) is 0 Å². The summed E-state index contributed by atoms with van der Waals surface area (Å²) in [6, 6.07) is 1.28. The van der Waals surface area contributed by atoms with Crippen LogP contribution in [0.2, 0.25) is 0 Å². The van der Waals surface area contributed by atoms with Crippen LogP contribution in [-0.4, -0.2) is 76.7 Å². The minimum Gasteiger partial charge on any atom is -0.492 e. The summed E-state index contributed by atoms with van der Waals surface area (Å²) in [6.45, 7) is 3.22. The van der Waals surface area contributed by atoms with Crippen LogP contribution in [0.5, 0.6) is 34.5 Å². The monoisotopic (exact) mass is 916 g/mol. The highest BCUT2D eigenvalue weighted by Gasteiger charge is 2.81. The first kappa shape index (κ1) is 37.5. The molecule has 6 aliphatic rings. The van der Waals surface area contributed by atoms with Crippen LogP contribution in [0.1, 0.15) is 26.1 Å². The molecule has 20 heteroatoms. The van der Waals surface area contributed by atoms with E-state index in [1.165, 1.54) is 36.1 Å². The maximum Gasteiger partial charge on any atom is 0.380 e. The average Bonchev–Trinajstić information content (AvgIpc) is 4.08. The van der Waals surface area contributed by atoms with E-state index in [0.717, 1.165) is 45.3 Å². The second kappa shape index (κ2) is 13.5. The molecule has 0 spiro atoms. The van der Waals surface area contributed by atoms with Crippen LogP contribution < -0.4 is 28.4 Å². The number of alkyl halides is 6. The van der Waals surface area contributed by atoms with Gasteiger partial charge in [-0.3, -0.25) is 0 Å². The fourth-order valence-electron chi connectivity index (χ4n) is 7.86. The van der Waals surface area contributed by atoms with Crippen LogP contribution >= 0.6 is 68.4 Å². The Bertz CT molecular complexity index is 2560. The van der Waals surface area contributed by atoms with Crippen molar-refractivity contribution in [3.05, 3.63) is 54.3 Å². The van der Waals surface area contributed by atoms with Crippen LogP contribution in [0.15, 0.2) is 33.4 Å². The summed E-state index contributed by atoms with van der Waals surface area (Å²) in [7, 11) is 0. The van der Waals surface area contributed by atoms with Gasteiger partial charge in [0.05, 0.1) is 31.4 Å². The molecule has 0 saturated carbocycles. The van der Waals surface area contributed by atoms with Gasteiger partial charge in [-0.05, 0) is 18.6 Å². The van der Waals surface area contributed by atoms with Gasteiger partial charge in [-0.15, -0.1) is 68.4 Å². The van der Waals surface area contributed by atoms with Gasteiger partial charge in [0.15, 0.2) is 34.5 Å². The van der Waals surface area contributed by atoms with E-state index in [0.29, 0.717) is 56.6 Å². The Morgan fingerprint density at radius 2 is 1.14 bits per heavy atom. The molecule has 2 atom stereocenters. The van der Waals surface area contributed by atoms with Gasteiger partial charge in [0.1, 0.15) is 58.1 Å². The first-order valence-electron chi connectivity index (χ1n) is 17.9. The summed E-state index contributed by atoms with van der Waals surface area (Å²) < 4.78 is 148. The Morgan fingerprint density at radius 1 is 0.586 bits per heavy atom. The Labute approximate surface area is 349 Å². The number of thiophene rings is 5. The predicted octanol–water partition coefficient (Wildman–Crippen LogP) is 11.5. The number of halogens is 6. The van der Waals surface area contributed by atoms with Crippen molar-refractivity contribution in [3.63, 3.8) is 0 Å². The van der Waals surface area contributed by atoms with Gasteiger partial charge in [0.2, 0.25) is 0 Å². The normalized spacial score (nSPS) is 23.5. The zero-order valence-corrected chi connectivity index (χ0v) is 34.6. The highest BCUT2D eigenvalue weighted by atomic mass is 32.2. The van der Waals surface area contributed by atoms with E-state index in [4.69, 9.17) is 37.9 Å². The lowest BCUT2D eigenvalue weighted by Gasteiger charge is -2.27. The molecular formula is C38H26F6O8S6. The number of hydrogen-bond acceptors (Lipinski definition) is 14. The quantitative estimate of drug-likeness (QED) is 0.155. The van der Waals surface area contributed by atoms with E-state index >= 15 is 26.3 Å². The van der Waals surface area contributed by atoms with Gasteiger partial charge in [0.25, 0.3) is 0 Å². The summed E-state index contributed by atoms with van der Waals surface area (Å²) in [4.78, 5) is 2.02. The van der Waals surface area contributed by atoms with Crippen LogP contribution in [0.4, 0.5) is 26.3 Å². The van der Waals surface area contributed by atoms with Crippen molar-refractivity contribution in [1.29, 1.82) is 0 Å². The maximum absolute atomic E-state index is 17.2. The number of thioether (sulfide) groups is 1. The first-order chi connectivity index (χ1) is 28.0. The third kappa shape index (κ3) is 5.27. The third-order valence-electron chi connectivity index (χ3n) is 10.4. The summed E-state index contributed by atoms with van der Waals surface area (Å²) >= 11 is 6.77. The van der Waals surface area contributed by atoms with Crippen LogP contribution in [0.25, 0.3) is 41.1 Å². The van der Waals surface area contributed by atoms with Gasteiger partial charge in [-0.25, -0.2) is 0 Å². The van der Waals surface area contributed by atoms with E-state index in [1.807, 2.05) is 0 Å². The molecule has 0 amide bonds. The SMILES string of the molecule is Cc1sc(-c2scc3c2OCCO3)cc1C1=C(c2c(-c3scc4c3OCCO4)sc(C3SC=C4OCCOC43)c2-c2scc3c2OCCO3)C(F)(F)C(F)(F)C1(F)F. The summed E-state index contributed by atoms with van der Waals surface area (Å²) in [5.74, 6) is -14.1. The molecule has 5 aliphatic heterocycles. The van der Waals surface area contributed by atoms with Crippen molar-refractivity contribution in [2.45, 2.75) is 36.0 Å². The van der Waals surface area contributed by atoms with Crippen molar-refractivity contribution in [2.75, 3.05) is 52.9 Å². The number of allylic oxidation sites excluding steroid dienone is 2. The highest BCUT2D eigenvalue weighted by molar-refractivity contribution is 8.02. The average molecular weight is 917 g/mol. The number of fused-ring (bicyclic) bond motifs is 4. The molecule has 0 aromatic carbocycles. The smallest absolute Gasteiger partial charge is 0.380 e. The summed E-state index contributed by atoms with van der Waals surface area (Å²) in [6.07, 6.45) is -0.674. The minimum atomic E-state index is -5.84. The van der Waals surface area contributed by atoms with Crippen molar-refractivity contribution < 1.29 is 64.2 Å². The van der Waals surface area contributed by atoms with Crippen molar-refractivity contribution in [2.24, 2.45) is 0 Å². The Morgan fingerprint density at radius 3 is 1.81 bits per heavy atom. The molecule has 0 N–H and O–H groups in total. The zero-order chi connectivity index (χ0) is 39.7. The second-order valence-corrected chi connectivity index (χ2v) is 19.6. The minimum absolute atomic E-state index is 0.0399. The van der Waals surface area contributed by atoms with Gasteiger partial charge in [-0.1, -0.05) is 0 Å². The Kier molecular flexibility index (Phi) is 8.71. The molecule has 5 aromatic heterocycles. The lowest BCUT2D eigenvalue weighted by Crippen LogP contribution is -2.49. The summed E-state index contributed by atoms with van der Waals surface area (Å²) in [5, 5.41) is 6.10. The van der Waals surface area contributed by atoms with Gasteiger partial charge in [0, 0.05) is 58.5 Å². The Hall–Kier alpha value is -3.53. The van der Waals surface area contributed by atoms with Crippen molar-refractivity contribution >= 4 is 79.6 Å². The van der Waals surface area contributed by atoms with E-state index in [1.54, 1.807) is 21.5 Å². The topological polar surface area (TPSA) is 73.8 Å². The van der Waals surface area contributed by atoms with E-state index in [9.17, 15) is 0 Å². The molecule has 58 heavy (non-hydrogen) atoms. The van der Waals surface area contributed by atoms with Crippen molar-refractivity contribution in [1.82, 2.24) is 0 Å². The fourth-order valence-corrected chi connectivity index (χ4v) is 14.8. The van der Waals surface area contributed by atoms with Gasteiger partial charge in [-0.2, -0.15) is 26.3 Å². The standard InChI is InChI=1S/C38H26F6O8S6/c1-15-16(10-21(57-15)30-26-17(11-53-30)45-2-6-49-26)24-25(37(41,42)38(43,44)36(24,39)40)22-23(31-27-18(12-54-31)46-3-7-50-27)33(35-29-20(14-56-35)48-5-9-52-29)58-32(22)34-28-19(13-55-34)47-4-8-51-28/h10-14,29,35H,2-9H2,1H3. The number of aryl methyl sites for hydroxylation is 1. The van der Waals surface area contributed by atoms with Crippen molar-refractivity contribution in [3.8, 4) is 64.4 Å². The molecule has 1 aliphatic carbocycles. The molecule has 0 radical (unpaired) electrons. The second-order valence-electron chi connectivity index (χ2n) is 13.7. The van der Waals surface area contributed by atoms with Crippen LogP contribution in [-0.2, 0) is 9.47 Å². The fraction of sp³-hybridized carbons (Fsp3) is 0.368. The molecule has 1 fully saturated rings. The number of rotatable bonds is 6. The van der Waals surface area contributed by atoms with E-state index in [-0.39, 0.29) is 76.2 Å². The van der Waals surface area contributed by atoms with Gasteiger partial charge < -0.3 is 37.9 Å². The molecular weight excluding hydrogens is 891 g/mol. The highest BCUT2D eigenvalue weighted by Crippen LogP contribution is 2.70. The summed E-state index contributed by atoms with van der Waals surface area (Å²) in [5.41, 5.74) is -3.80. The third-order valence-corrected chi connectivity index (χ3v) is 17.2. The van der Waals surface area contributed by atoms with Crippen LogP contribution in [0, 0.1) is 6.92 Å². The zero-order valence-electron chi connectivity index (χ0n) is 29.7. The lowest BCUT2D eigenvalue weighted by molar-refractivity contribution is -0.254. The lowest BCUT2D eigenvalue weighted by atomic mass is 9.90. The van der Waals surface area contributed by atoms with Gasteiger partial charge >= 0.3 is 17.8 Å². The number of hydrogen-bond donors (Lipinski definition) is 0. The number of ether oxygens (including phenoxy) is 8. The first-order valence-corrected chi connectivity index (χ1v) is 23.1. The predicted molar refractivity (Wildman–Crippen MR) is 212 cm³/mol. The Balaban J connectivity index is 1.24. The molecule has 1 saturated heterocycles. The van der Waals surface area contributed by atoms with Crippen LogP contribution in [0.3, 0.4) is 0 Å². The molecule has 0 bridgehead atoms. The van der Waals surface area contributed by atoms with E-state index < -0.39 is 51.4 Å². The molecule has 8 nitrogen and oxygen atoms in total. The maximum atomic E-state index is 17.2. The largest absolute Gasteiger partial charge is 0.492 e. The molecule has 5 aromatic rings.